The lowest BCUT2D eigenvalue weighted by Gasteiger charge is -2.37. The van der Waals surface area contributed by atoms with Gasteiger partial charge < -0.3 is 19.9 Å². The summed E-state index contributed by atoms with van der Waals surface area (Å²) in [5.74, 6) is -0.00920. The van der Waals surface area contributed by atoms with Crippen LogP contribution in [0, 0.1) is 5.92 Å². The van der Waals surface area contributed by atoms with Crippen LogP contribution in [-0.4, -0.2) is 36.6 Å². The molecule has 0 spiro atoms. The van der Waals surface area contributed by atoms with Crippen molar-refractivity contribution in [2.45, 2.75) is 25.4 Å². The molecule has 1 saturated heterocycles. The molecule has 1 amide bonds. The number of carbonyl (C=O) groups excluding carboxylic acids is 2. The molecule has 2 aromatic rings. The number of benzene rings is 1. The molecule has 0 saturated carbocycles. The Kier molecular flexibility index (Phi) is 6.39. The molecule has 1 aromatic heterocycles. The largest absolute Gasteiger partial charge is 0.465 e. The van der Waals surface area contributed by atoms with Crippen molar-refractivity contribution < 1.29 is 14.3 Å². The summed E-state index contributed by atoms with van der Waals surface area (Å²) in [6.45, 7) is 2.73. The van der Waals surface area contributed by atoms with Gasteiger partial charge in [-0.05, 0) is 48.7 Å². The van der Waals surface area contributed by atoms with Crippen molar-refractivity contribution in [3.63, 3.8) is 0 Å². The lowest BCUT2D eigenvalue weighted by Crippen LogP contribution is -2.46. The van der Waals surface area contributed by atoms with Crippen LogP contribution >= 0.6 is 12.4 Å². The van der Waals surface area contributed by atoms with Gasteiger partial charge >= 0.3 is 5.97 Å². The molecule has 7 nitrogen and oxygen atoms in total. The summed E-state index contributed by atoms with van der Waals surface area (Å²) >= 11 is 0. The predicted octanol–water partition coefficient (Wildman–Crippen LogP) is 1.69. The SMILES string of the molecule is COC(=O)c1ccc(CNC(=O)c2ccc3n(c2=O)C[C@@H]2CNC[C@H]3C2)cc1.Cl. The number of ether oxygens (including phenoxy) is 1. The Bertz CT molecular complexity index is 971. The van der Waals surface area contributed by atoms with E-state index in [0.717, 1.165) is 30.8 Å². The standard InChI is InChI=1S/C21H23N3O4.ClH/c1-28-21(27)15-4-2-13(3-5-15)10-23-19(25)17-6-7-18-16-8-14(9-22-11-16)12-24(18)20(17)26;/h2-7,14,16,22H,8-12H2,1H3,(H,23,25);1H/t14-,16+;/m0./s1. The molecule has 1 fully saturated rings. The summed E-state index contributed by atoms with van der Waals surface area (Å²) in [6.07, 6.45) is 1.10. The Labute approximate surface area is 174 Å². The zero-order valence-corrected chi connectivity index (χ0v) is 17.0. The summed E-state index contributed by atoms with van der Waals surface area (Å²) in [5, 5.41) is 6.21. The van der Waals surface area contributed by atoms with Crippen molar-refractivity contribution in [2.24, 2.45) is 5.92 Å². The number of piperidine rings is 1. The zero-order chi connectivity index (χ0) is 19.7. The second-order valence-electron chi connectivity index (χ2n) is 7.42. The molecule has 4 rings (SSSR count). The second kappa shape index (κ2) is 8.80. The van der Waals surface area contributed by atoms with E-state index in [2.05, 4.69) is 15.4 Å². The maximum atomic E-state index is 12.9. The molecule has 1 aromatic carbocycles. The van der Waals surface area contributed by atoms with Crippen molar-refractivity contribution in [3.8, 4) is 0 Å². The minimum Gasteiger partial charge on any atom is -0.465 e. The van der Waals surface area contributed by atoms with E-state index in [1.807, 2.05) is 6.07 Å². The lowest BCUT2D eigenvalue weighted by molar-refractivity contribution is 0.0600. The van der Waals surface area contributed by atoms with Gasteiger partial charge in [-0.25, -0.2) is 4.79 Å². The van der Waals surface area contributed by atoms with E-state index in [4.69, 9.17) is 0 Å². The molecule has 2 aliphatic rings. The van der Waals surface area contributed by atoms with E-state index in [0.29, 0.717) is 23.9 Å². The molecule has 8 heteroatoms. The van der Waals surface area contributed by atoms with Gasteiger partial charge in [0.15, 0.2) is 0 Å². The van der Waals surface area contributed by atoms with Gasteiger partial charge in [-0.1, -0.05) is 12.1 Å². The third kappa shape index (κ3) is 4.21. The number of halogens is 1. The van der Waals surface area contributed by atoms with E-state index in [1.54, 1.807) is 34.9 Å². The van der Waals surface area contributed by atoms with Gasteiger partial charge in [0.05, 0.1) is 12.7 Å². The number of aromatic nitrogens is 1. The van der Waals surface area contributed by atoms with Crippen LogP contribution < -0.4 is 16.2 Å². The third-order valence-corrected chi connectivity index (χ3v) is 5.58. The van der Waals surface area contributed by atoms with Gasteiger partial charge in [-0.15, -0.1) is 12.4 Å². The highest BCUT2D eigenvalue weighted by Crippen LogP contribution is 2.31. The number of nitrogens with zero attached hydrogens (tertiary/aromatic N) is 1. The van der Waals surface area contributed by atoms with Crippen LogP contribution in [0.5, 0.6) is 0 Å². The maximum absolute atomic E-state index is 12.9. The molecule has 29 heavy (non-hydrogen) atoms. The summed E-state index contributed by atoms with van der Waals surface area (Å²) in [6, 6.07) is 10.3. The Morgan fingerprint density at radius 3 is 2.66 bits per heavy atom. The number of pyridine rings is 1. The zero-order valence-electron chi connectivity index (χ0n) is 16.1. The van der Waals surface area contributed by atoms with Crippen LogP contribution in [0.2, 0.25) is 0 Å². The van der Waals surface area contributed by atoms with E-state index in [9.17, 15) is 14.4 Å². The number of nitrogens with one attached hydrogen (secondary N) is 2. The molecule has 154 valence electrons. The van der Waals surface area contributed by atoms with Crippen LogP contribution in [0.1, 0.15) is 44.3 Å². The minimum atomic E-state index is -0.405. The van der Waals surface area contributed by atoms with Crippen molar-refractivity contribution in [1.82, 2.24) is 15.2 Å². The van der Waals surface area contributed by atoms with Crippen molar-refractivity contribution in [3.05, 3.63) is 69.1 Å². The summed E-state index contributed by atoms with van der Waals surface area (Å²) in [7, 11) is 1.33. The van der Waals surface area contributed by atoms with Gasteiger partial charge in [0, 0.05) is 31.2 Å². The fourth-order valence-corrected chi connectivity index (χ4v) is 4.12. The number of hydrogen-bond acceptors (Lipinski definition) is 5. The maximum Gasteiger partial charge on any atom is 0.337 e. The predicted molar refractivity (Wildman–Crippen MR) is 111 cm³/mol. The second-order valence-corrected chi connectivity index (χ2v) is 7.42. The Hall–Kier alpha value is -2.64. The molecule has 0 unspecified atom stereocenters. The molecule has 2 bridgehead atoms. The van der Waals surface area contributed by atoms with E-state index >= 15 is 0 Å². The van der Waals surface area contributed by atoms with Crippen LogP contribution in [-0.2, 0) is 17.8 Å². The normalized spacial score (nSPS) is 19.5. The van der Waals surface area contributed by atoms with Gasteiger partial charge in [-0.3, -0.25) is 9.59 Å². The van der Waals surface area contributed by atoms with E-state index in [1.165, 1.54) is 7.11 Å². The monoisotopic (exact) mass is 417 g/mol. The number of amides is 1. The molecular weight excluding hydrogens is 394 g/mol. The highest BCUT2D eigenvalue weighted by Gasteiger charge is 2.31. The first-order valence-corrected chi connectivity index (χ1v) is 9.46. The number of carbonyl (C=O) groups is 2. The average Bonchev–Trinajstić information content (AvgIpc) is 2.73. The first-order chi connectivity index (χ1) is 13.6. The third-order valence-electron chi connectivity index (χ3n) is 5.58. The molecule has 2 N–H and O–H groups in total. The van der Waals surface area contributed by atoms with Gasteiger partial charge in [0.2, 0.25) is 0 Å². The van der Waals surface area contributed by atoms with Crippen molar-refractivity contribution >= 4 is 24.3 Å². The van der Waals surface area contributed by atoms with Gasteiger partial charge in [-0.2, -0.15) is 0 Å². The first kappa shape index (κ1) is 21.1. The minimum absolute atomic E-state index is 0. The molecule has 2 aliphatic heterocycles. The Morgan fingerprint density at radius 2 is 1.93 bits per heavy atom. The van der Waals surface area contributed by atoms with Gasteiger partial charge in [0.1, 0.15) is 5.56 Å². The Balaban J connectivity index is 0.00000240. The topological polar surface area (TPSA) is 89.4 Å². The first-order valence-electron chi connectivity index (χ1n) is 9.46. The number of hydrogen-bond donors (Lipinski definition) is 2. The number of methoxy groups -OCH3 is 1. The molecule has 2 atom stereocenters. The number of fused-ring (bicyclic) bond motifs is 4. The molecule has 0 aliphatic carbocycles. The quantitative estimate of drug-likeness (QED) is 0.739. The molecule has 3 heterocycles. The molecular formula is C21H24ClN3O4. The van der Waals surface area contributed by atoms with Crippen LogP contribution in [0.3, 0.4) is 0 Å². The number of esters is 1. The highest BCUT2D eigenvalue weighted by atomic mass is 35.5. The highest BCUT2D eigenvalue weighted by molar-refractivity contribution is 5.93. The molecule has 0 radical (unpaired) electrons. The van der Waals surface area contributed by atoms with Crippen LogP contribution in [0.15, 0.2) is 41.2 Å². The summed E-state index contributed by atoms with van der Waals surface area (Å²) in [4.78, 5) is 36.9. The van der Waals surface area contributed by atoms with Crippen LogP contribution in [0.4, 0.5) is 0 Å². The average molecular weight is 418 g/mol. The van der Waals surface area contributed by atoms with E-state index in [-0.39, 0.29) is 36.0 Å². The fourth-order valence-electron chi connectivity index (χ4n) is 4.12. The number of rotatable bonds is 4. The summed E-state index contributed by atoms with van der Waals surface area (Å²) in [5.41, 5.74) is 2.25. The van der Waals surface area contributed by atoms with Crippen LogP contribution in [0.25, 0.3) is 0 Å². The summed E-state index contributed by atoms with van der Waals surface area (Å²) < 4.78 is 6.45. The van der Waals surface area contributed by atoms with E-state index < -0.39 is 5.97 Å². The fraction of sp³-hybridized carbons (Fsp3) is 0.381. The van der Waals surface area contributed by atoms with Gasteiger partial charge in [0.25, 0.3) is 11.5 Å². The van der Waals surface area contributed by atoms with Crippen molar-refractivity contribution in [2.75, 3.05) is 20.2 Å². The lowest BCUT2D eigenvalue weighted by atomic mass is 9.84. The Morgan fingerprint density at radius 1 is 1.17 bits per heavy atom. The van der Waals surface area contributed by atoms with Crippen molar-refractivity contribution in [1.29, 1.82) is 0 Å². The smallest absolute Gasteiger partial charge is 0.337 e.